The van der Waals surface area contributed by atoms with E-state index in [1.54, 1.807) is 6.07 Å². The molecule has 0 saturated heterocycles. The van der Waals surface area contributed by atoms with Crippen molar-refractivity contribution in [3.8, 4) is 0 Å². The largest absolute Gasteiger partial charge is 0.325 e. The Bertz CT molecular complexity index is 1040. The van der Waals surface area contributed by atoms with Gasteiger partial charge in [-0.2, -0.15) is 0 Å². The van der Waals surface area contributed by atoms with E-state index in [9.17, 15) is 24.5 Å². The van der Waals surface area contributed by atoms with Crippen molar-refractivity contribution in [3.05, 3.63) is 67.7 Å². The minimum absolute atomic E-state index is 0.0139. The first-order valence-electron chi connectivity index (χ1n) is 9.55. The highest BCUT2D eigenvalue weighted by Crippen LogP contribution is 2.31. The van der Waals surface area contributed by atoms with Gasteiger partial charge in [-0.3, -0.25) is 29.4 Å². The van der Waals surface area contributed by atoms with Crippen molar-refractivity contribution < 1.29 is 19.3 Å². The standard InChI is InChI=1S/C21H20BrN3O5/c1-2-3-5-13-8-9-16(15(22)12-13)23-18(26)10-11-24-20(27)14-6-4-7-17(25(29)30)19(14)21(24)28/h4,6-9,12H,2-3,5,10-11H2,1H3,(H,23,26). The van der Waals surface area contributed by atoms with Gasteiger partial charge >= 0.3 is 0 Å². The quantitative estimate of drug-likeness (QED) is 0.348. The Morgan fingerprint density at radius 3 is 2.63 bits per heavy atom. The van der Waals surface area contributed by atoms with Gasteiger partial charge < -0.3 is 5.32 Å². The normalized spacial score (nSPS) is 12.8. The summed E-state index contributed by atoms with van der Waals surface area (Å²) in [6.07, 6.45) is 3.01. The predicted octanol–water partition coefficient (Wildman–Crippen LogP) is 4.32. The average molecular weight is 474 g/mol. The number of nitro benzene ring substituents is 1. The lowest BCUT2D eigenvalue weighted by molar-refractivity contribution is -0.385. The van der Waals surface area contributed by atoms with Gasteiger partial charge in [-0.1, -0.05) is 25.5 Å². The number of anilines is 1. The number of nitrogens with zero attached hydrogens (tertiary/aromatic N) is 2. The number of hydrogen-bond acceptors (Lipinski definition) is 5. The molecule has 3 rings (SSSR count). The molecule has 1 heterocycles. The Balaban J connectivity index is 1.64. The number of hydrogen-bond donors (Lipinski definition) is 1. The maximum Gasteiger partial charge on any atom is 0.282 e. The fraction of sp³-hybridized carbons (Fsp3) is 0.286. The van der Waals surface area contributed by atoms with Crippen LogP contribution in [0.2, 0.25) is 0 Å². The molecule has 2 aromatic carbocycles. The average Bonchev–Trinajstić information content (AvgIpc) is 2.96. The van der Waals surface area contributed by atoms with E-state index < -0.39 is 22.4 Å². The van der Waals surface area contributed by atoms with Gasteiger partial charge in [0.1, 0.15) is 5.56 Å². The summed E-state index contributed by atoms with van der Waals surface area (Å²) in [6, 6.07) is 9.62. The molecule has 0 fully saturated rings. The molecule has 0 aromatic heterocycles. The van der Waals surface area contributed by atoms with Crippen molar-refractivity contribution in [1.82, 2.24) is 4.90 Å². The van der Waals surface area contributed by atoms with Crippen molar-refractivity contribution in [2.75, 3.05) is 11.9 Å². The molecule has 0 unspecified atom stereocenters. The van der Waals surface area contributed by atoms with E-state index in [0.29, 0.717) is 5.69 Å². The molecule has 0 bridgehead atoms. The molecule has 0 spiro atoms. The number of imide groups is 1. The van der Waals surface area contributed by atoms with Gasteiger partial charge in [0.2, 0.25) is 5.91 Å². The number of unbranched alkanes of at least 4 members (excludes halogenated alkanes) is 1. The second kappa shape index (κ2) is 9.17. The minimum Gasteiger partial charge on any atom is -0.325 e. The van der Waals surface area contributed by atoms with E-state index in [0.717, 1.165) is 34.2 Å². The fourth-order valence-corrected chi connectivity index (χ4v) is 3.82. The first-order valence-corrected chi connectivity index (χ1v) is 10.3. The first kappa shape index (κ1) is 21.6. The van der Waals surface area contributed by atoms with Gasteiger partial charge in [0.25, 0.3) is 17.5 Å². The third-order valence-corrected chi connectivity index (χ3v) is 5.52. The van der Waals surface area contributed by atoms with Gasteiger partial charge in [0, 0.05) is 23.5 Å². The zero-order valence-electron chi connectivity index (χ0n) is 16.3. The van der Waals surface area contributed by atoms with Gasteiger partial charge in [-0.15, -0.1) is 0 Å². The second-order valence-electron chi connectivity index (χ2n) is 6.93. The molecular formula is C21H20BrN3O5. The van der Waals surface area contributed by atoms with Crippen molar-refractivity contribution in [1.29, 1.82) is 0 Å². The lowest BCUT2D eigenvalue weighted by Crippen LogP contribution is -2.33. The number of halogens is 1. The van der Waals surface area contributed by atoms with Gasteiger partial charge in [0.15, 0.2) is 0 Å². The van der Waals surface area contributed by atoms with Crippen LogP contribution in [0.15, 0.2) is 40.9 Å². The van der Waals surface area contributed by atoms with E-state index in [1.807, 2.05) is 12.1 Å². The number of rotatable bonds is 8. The number of carbonyl (C=O) groups is 3. The topological polar surface area (TPSA) is 110 Å². The Hall–Kier alpha value is -3.07. The summed E-state index contributed by atoms with van der Waals surface area (Å²) in [5.74, 6) is -1.76. The summed E-state index contributed by atoms with van der Waals surface area (Å²) in [6.45, 7) is 1.96. The lowest BCUT2D eigenvalue weighted by Gasteiger charge is -2.14. The van der Waals surface area contributed by atoms with Gasteiger partial charge in [-0.05, 0) is 52.5 Å². The summed E-state index contributed by atoms with van der Waals surface area (Å²) in [4.78, 5) is 48.7. The Labute approximate surface area is 181 Å². The lowest BCUT2D eigenvalue weighted by atomic mass is 10.1. The zero-order valence-corrected chi connectivity index (χ0v) is 17.9. The van der Waals surface area contributed by atoms with Crippen LogP contribution in [0.3, 0.4) is 0 Å². The number of carbonyl (C=O) groups excluding carboxylic acids is 3. The molecule has 1 N–H and O–H groups in total. The maximum absolute atomic E-state index is 12.5. The van der Waals surface area contributed by atoms with Crippen molar-refractivity contribution in [2.24, 2.45) is 0 Å². The highest BCUT2D eigenvalue weighted by Gasteiger charge is 2.40. The minimum atomic E-state index is -0.753. The highest BCUT2D eigenvalue weighted by atomic mass is 79.9. The smallest absolute Gasteiger partial charge is 0.282 e. The van der Waals surface area contributed by atoms with Gasteiger partial charge in [-0.25, -0.2) is 0 Å². The Kier molecular flexibility index (Phi) is 6.61. The van der Waals surface area contributed by atoms with Crippen LogP contribution in [0.25, 0.3) is 0 Å². The Morgan fingerprint density at radius 2 is 1.97 bits per heavy atom. The molecule has 3 amide bonds. The number of aryl methyl sites for hydroxylation is 1. The first-order chi connectivity index (χ1) is 14.3. The highest BCUT2D eigenvalue weighted by molar-refractivity contribution is 9.10. The summed E-state index contributed by atoms with van der Waals surface area (Å²) in [7, 11) is 0. The predicted molar refractivity (Wildman–Crippen MR) is 114 cm³/mol. The van der Waals surface area contributed by atoms with E-state index in [2.05, 4.69) is 28.2 Å². The van der Waals surface area contributed by atoms with E-state index in [1.165, 1.54) is 18.2 Å². The van der Waals surface area contributed by atoms with Crippen LogP contribution in [-0.4, -0.2) is 34.1 Å². The number of amides is 3. The molecule has 0 atom stereocenters. The summed E-state index contributed by atoms with van der Waals surface area (Å²) in [5, 5.41) is 13.9. The molecule has 2 aromatic rings. The van der Waals surface area contributed by atoms with Crippen molar-refractivity contribution >= 4 is 45.0 Å². The number of nitrogens with one attached hydrogen (secondary N) is 1. The third-order valence-electron chi connectivity index (χ3n) is 4.86. The van der Waals surface area contributed by atoms with Crippen LogP contribution in [-0.2, 0) is 11.2 Å². The molecule has 0 saturated carbocycles. The zero-order chi connectivity index (χ0) is 21.8. The molecule has 1 aliphatic heterocycles. The van der Waals surface area contributed by atoms with E-state index in [4.69, 9.17) is 0 Å². The molecule has 0 radical (unpaired) electrons. The summed E-state index contributed by atoms with van der Waals surface area (Å²) < 4.78 is 0.751. The van der Waals surface area contributed by atoms with Crippen molar-refractivity contribution in [2.45, 2.75) is 32.6 Å². The molecular weight excluding hydrogens is 454 g/mol. The van der Waals surface area contributed by atoms with Gasteiger partial charge in [0.05, 0.1) is 16.2 Å². The third kappa shape index (κ3) is 4.40. The molecule has 1 aliphatic rings. The number of benzene rings is 2. The monoisotopic (exact) mass is 473 g/mol. The summed E-state index contributed by atoms with van der Waals surface area (Å²) in [5.41, 5.74) is 1.11. The number of fused-ring (bicyclic) bond motifs is 1. The van der Waals surface area contributed by atoms with Crippen LogP contribution in [0, 0.1) is 10.1 Å². The maximum atomic E-state index is 12.5. The van der Waals surface area contributed by atoms with E-state index in [-0.39, 0.29) is 30.0 Å². The summed E-state index contributed by atoms with van der Waals surface area (Å²) >= 11 is 3.45. The molecule has 0 aliphatic carbocycles. The molecule has 8 nitrogen and oxygen atoms in total. The van der Waals surface area contributed by atoms with Crippen LogP contribution in [0.5, 0.6) is 0 Å². The molecule has 30 heavy (non-hydrogen) atoms. The van der Waals surface area contributed by atoms with Crippen molar-refractivity contribution in [3.63, 3.8) is 0 Å². The SMILES string of the molecule is CCCCc1ccc(NC(=O)CCN2C(=O)c3cccc([N+](=O)[O-])c3C2=O)c(Br)c1. The van der Waals surface area contributed by atoms with Crippen LogP contribution >= 0.6 is 15.9 Å². The van der Waals surface area contributed by atoms with Crippen LogP contribution in [0.4, 0.5) is 11.4 Å². The molecule has 9 heteroatoms. The Morgan fingerprint density at radius 1 is 1.20 bits per heavy atom. The molecule has 156 valence electrons. The van der Waals surface area contributed by atoms with E-state index >= 15 is 0 Å². The van der Waals surface area contributed by atoms with Crippen LogP contribution < -0.4 is 5.32 Å². The second-order valence-corrected chi connectivity index (χ2v) is 7.79. The fourth-order valence-electron chi connectivity index (χ4n) is 3.29. The number of nitro groups is 1. The van der Waals surface area contributed by atoms with Crippen LogP contribution in [0.1, 0.15) is 52.5 Å².